The van der Waals surface area contributed by atoms with Gasteiger partial charge >= 0.3 is 6.18 Å². The molecule has 12 heteroatoms. The number of ether oxygens (including phenoxy) is 1. The van der Waals surface area contributed by atoms with Gasteiger partial charge < -0.3 is 4.74 Å². The molecule has 0 aliphatic rings. The molecule has 0 fully saturated rings. The van der Waals surface area contributed by atoms with E-state index in [-0.39, 0.29) is 22.3 Å². The van der Waals surface area contributed by atoms with Crippen LogP contribution < -0.4 is 10.1 Å². The van der Waals surface area contributed by atoms with E-state index in [0.29, 0.717) is 5.01 Å². The molecule has 0 atom stereocenters. The van der Waals surface area contributed by atoms with Gasteiger partial charge in [0.05, 0.1) is 24.6 Å². The Labute approximate surface area is 175 Å². The van der Waals surface area contributed by atoms with Gasteiger partial charge in [0, 0.05) is 10.9 Å². The van der Waals surface area contributed by atoms with Gasteiger partial charge in [-0.05, 0) is 29.6 Å². The van der Waals surface area contributed by atoms with E-state index >= 15 is 0 Å². The van der Waals surface area contributed by atoms with E-state index in [1.54, 1.807) is 0 Å². The number of halogens is 3. The Bertz CT molecular complexity index is 1180. The summed E-state index contributed by atoms with van der Waals surface area (Å²) < 4.78 is 45.3. The predicted molar refractivity (Wildman–Crippen MR) is 106 cm³/mol. The number of thiophene rings is 1. The molecule has 1 amide bonds. The maximum Gasteiger partial charge on any atom is 0.416 e. The first-order valence-electron chi connectivity index (χ1n) is 8.34. The zero-order valence-electron chi connectivity index (χ0n) is 15.2. The summed E-state index contributed by atoms with van der Waals surface area (Å²) in [6.45, 7) is 0. The highest BCUT2D eigenvalue weighted by atomic mass is 32.1. The molecule has 7 nitrogen and oxygen atoms in total. The molecule has 0 bridgehead atoms. The number of anilines is 1. The summed E-state index contributed by atoms with van der Waals surface area (Å²) in [5, 5.41) is 19.4. The average Bonchev–Trinajstić information content (AvgIpc) is 3.47. The highest BCUT2D eigenvalue weighted by Gasteiger charge is 2.31. The van der Waals surface area contributed by atoms with E-state index in [9.17, 15) is 18.0 Å². The van der Waals surface area contributed by atoms with Crippen molar-refractivity contribution in [1.82, 2.24) is 20.0 Å². The molecule has 0 aliphatic carbocycles. The fraction of sp³-hybridized carbons (Fsp3) is 0.111. The van der Waals surface area contributed by atoms with Crippen molar-refractivity contribution in [2.75, 3.05) is 12.4 Å². The van der Waals surface area contributed by atoms with Crippen LogP contribution in [0.3, 0.4) is 0 Å². The molecule has 4 rings (SSSR count). The van der Waals surface area contributed by atoms with Crippen molar-refractivity contribution < 1.29 is 22.7 Å². The van der Waals surface area contributed by atoms with E-state index in [1.807, 2.05) is 16.8 Å². The molecule has 0 spiro atoms. The van der Waals surface area contributed by atoms with Crippen molar-refractivity contribution in [2.24, 2.45) is 0 Å². The van der Waals surface area contributed by atoms with Gasteiger partial charge in [0.1, 0.15) is 5.01 Å². The molecule has 0 saturated carbocycles. The van der Waals surface area contributed by atoms with Gasteiger partial charge in [-0.2, -0.15) is 29.6 Å². The molecule has 4 aromatic rings. The lowest BCUT2D eigenvalue weighted by atomic mass is 10.2. The second-order valence-corrected chi connectivity index (χ2v) is 7.67. The van der Waals surface area contributed by atoms with Crippen molar-refractivity contribution in [2.45, 2.75) is 6.18 Å². The monoisotopic (exact) mass is 451 g/mol. The summed E-state index contributed by atoms with van der Waals surface area (Å²) in [5.74, 6) is -0.516. The number of hydrogen-bond acceptors (Lipinski definition) is 7. The highest BCUT2D eigenvalue weighted by molar-refractivity contribution is 7.19. The fourth-order valence-electron chi connectivity index (χ4n) is 2.55. The number of nitrogens with one attached hydrogen (secondary N) is 1. The molecule has 30 heavy (non-hydrogen) atoms. The Morgan fingerprint density at radius 3 is 2.77 bits per heavy atom. The Morgan fingerprint density at radius 2 is 2.07 bits per heavy atom. The van der Waals surface area contributed by atoms with Crippen molar-refractivity contribution in [3.63, 3.8) is 0 Å². The second kappa shape index (κ2) is 7.88. The van der Waals surface area contributed by atoms with E-state index in [1.165, 1.54) is 48.1 Å². The number of alkyl halides is 3. The van der Waals surface area contributed by atoms with E-state index in [0.717, 1.165) is 22.4 Å². The van der Waals surface area contributed by atoms with E-state index < -0.39 is 17.6 Å². The Kier molecular flexibility index (Phi) is 5.26. The summed E-state index contributed by atoms with van der Waals surface area (Å²) in [6, 6.07) is 6.49. The van der Waals surface area contributed by atoms with Gasteiger partial charge in [0.25, 0.3) is 5.91 Å². The molecule has 1 aromatic carbocycles. The van der Waals surface area contributed by atoms with Gasteiger partial charge in [0.2, 0.25) is 5.13 Å². The lowest BCUT2D eigenvalue weighted by Crippen LogP contribution is -2.14. The number of carbonyl (C=O) groups excluding carboxylic acids is 1. The van der Waals surface area contributed by atoms with Crippen LogP contribution in [0.2, 0.25) is 0 Å². The SMILES string of the molecule is COc1cn(-c2cccc(C(F)(F)F)c2)nc1C(=O)Nc1nnc(-c2ccsc2)s1. The van der Waals surface area contributed by atoms with Crippen LogP contribution in [0.4, 0.5) is 18.3 Å². The lowest BCUT2D eigenvalue weighted by Gasteiger charge is -2.08. The number of carbonyl (C=O) groups is 1. The van der Waals surface area contributed by atoms with Gasteiger partial charge in [-0.3, -0.25) is 10.1 Å². The van der Waals surface area contributed by atoms with Crippen LogP contribution in [-0.4, -0.2) is 33.0 Å². The third-order valence-electron chi connectivity index (χ3n) is 3.97. The quantitative estimate of drug-likeness (QED) is 0.474. The second-order valence-electron chi connectivity index (χ2n) is 5.92. The van der Waals surface area contributed by atoms with Gasteiger partial charge in [-0.25, -0.2) is 4.68 Å². The summed E-state index contributed by atoms with van der Waals surface area (Å²) in [6.07, 6.45) is -3.16. The van der Waals surface area contributed by atoms with Gasteiger partial charge in [-0.1, -0.05) is 17.4 Å². The minimum absolute atomic E-state index is 0.0952. The van der Waals surface area contributed by atoms with E-state index in [4.69, 9.17) is 4.74 Å². The summed E-state index contributed by atoms with van der Waals surface area (Å²) in [7, 11) is 1.34. The van der Waals surface area contributed by atoms with Crippen LogP contribution in [0.1, 0.15) is 16.1 Å². The van der Waals surface area contributed by atoms with Crippen molar-refractivity contribution in [3.05, 3.63) is 58.5 Å². The molecular formula is C18H12F3N5O2S2. The number of amides is 1. The normalized spacial score (nSPS) is 11.5. The van der Waals surface area contributed by atoms with Crippen LogP contribution in [0, 0.1) is 0 Å². The highest BCUT2D eigenvalue weighted by Crippen LogP contribution is 2.31. The number of methoxy groups -OCH3 is 1. The standard InChI is InChI=1S/C18H12F3N5O2S2/c1-28-13-8-26(12-4-2-3-11(7-12)18(19,20)21)25-14(13)15(27)22-17-24-23-16(30-17)10-5-6-29-9-10/h2-9H,1H3,(H,22,24,27). The number of hydrogen-bond donors (Lipinski definition) is 1. The Hall–Kier alpha value is -3.25. The average molecular weight is 451 g/mol. The van der Waals surface area contributed by atoms with Crippen LogP contribution in [0.25, 0.3) is 16.3 Å². The topological polar surface area (TPSA) is 81.9 Å². The minimum atomic E-state index is -4.49. The third kappa shape index (κ3) is 4.04. The minimum Gasteiger partial charge on any atom is -0.493 e. The Balaban J connectivity index is 1.59. The number of benzene rings is 1. The molecule has 0 radical (unpaired) electrons. The molecule has 0 aliphatic heterocycles. The van der Waals surface area contributed by atoms with Crippen LogP contribution in [-0.2, 0) is 6.18 Å². The summed E-state index contributed by atoms with van der Waals surface area (Å²) >= 11 is 2.70. The molecular weight excluding hydrogens is 439 g/mol. The fourth-order valence-corrected chi connectivity index (χ4v) is 4.00. The summed E-state index contributed by atoms with van der Waals surface area (Å²) in [5.41, 5.74) is 0.111. The number of aromatic nitrogens is 4. The largest absolute Gasteiger partial charge is 0.493 e. The third-order valence-corrected chi connectivity index (χ3v) is 5.54. The van der Waals surface area contributed by atoms with Crippen molar-refractivity contribution in [3.8, 4) is 22.0 Å². The molecule has 1 N–H and O–H groups in total. The predicted octanol–water partition coefficient (Wildman–Crippen LogP) is 4.73. The molecule has 0 saturated heterocycles. The van der Waals surface area contributed by atoms with Gasteiger partial charge in [0.15, 0.2) is 11.4 Å². The molecule has 0 unspecified atom stereocenters. The zero-order valence-corrected chi connectivity index (χ0v) is 16.8. The zero-order chi connectivity index (χ0) is 21.3. The maximum atomic E-state index is 13.0. The Morgan fingerprint density at radius 1 is 1.23 bits per heavy atom. The van der Waals surface area contributed by atoms with Crippen LogP contribution in [0.5, 0.6) is 5.75 Å². The van der Waals surface area contributed by atoms with Crippen LogP contribution >= 0.6 is 22.7 Å². The number of nitrogens with zero attached hydrogens (tertiary/aromatic N) is 4. The van der Waals surface area contributed by atoms with Gasteiger partial charge in [-0.15, -0.1) is 10.2 Å². The first-order chi connectivity index (χ1) is 14.3. The molecule has 3 aromatic heterocycles. The van der Waals surface area contributed by atoms with E-state index in [2.05, 4.69) is 20.6 Å². The number of rotatable bonds is 5. The van der Waals surface area contributed by atoms with Crippen molar-refractivity contribution >= 4 is 33.7 Å². The van der Waals surface area contributed by atoms with Crippen molar-refractivity contribution in [1.29, 1.82) is 0 Å². The summed E-state index contributed by atoms with van der Waals surface area (Å²) in [4.78, 5) is 12.7. The molecule has 154 valence electrons. The lowest BCUT2D eigenvalue weighted by molar-refractivity contribution is -0.137. The maximum absolute atomic E-state index is 13.0. The first-order valence-corrected chi connectivity index (χ1v) is 10.1. The first kappa shape index (κ1) is 20.0. The smallest absolute Gasteiger partial charge is 0.416 e. The molecule has 3 heterocycles. The van der Waals surface area contributed by atoms with Crippen LogP contribution in [0.15, 0.2) is 47.3 Å².